The maximum atomic E-state index is 12.1. The van der Waals surface area contributed by atoms with E-state index < -0.39 is 0 Å². The number of amides is 1. The first-order valence-electron chi connectivity index (χ1n) is 8.70. The number of nitrogens with one attached hydrogen (secondary N) is 2. The molecule has 5 nitrogen and oxygen atoms in total. The molecule has 1 heterocycles. The summed E-state index contributed by atoms with van der Waals surface area (Å²) in [4.78, 5) is 12.1. The molecule has 25 heavy (non-hydrogen) atoms. The van der Waals surface area contributed by atoms with Gasteiger partial charge < -0.3 is 20.1 Å². The average molecular weight is 340 g/mol. The number of carbonyl (C=O) groups excluding carboxylic acids is 1. The Balaban J connectivity index is 1.46. The lowest BCUT2D eigenvalue weighted by atomic mass is 9.94. The summed E-state index contributed by atoms with van der Waals surface area (Å²) in [5.41, 5.74) is 2.62. The number of benzene rings is 2. The highest BCUT2D eigenvalue weighted by Gasteiger charge is 2.19. The van der Waals surface area contributed by atoms with E-state index in [0.717, 1.165) is 18.7 Å². The molecule has 0 saturated heterocycles. The molecule has 0 fully saturated rings. The highest BCUT2D eigenvalue weighted by atomic mass is 16.5. The fourth-order valence-electron chi connectivity index (χ4n) is 2.99. The Morgan fingerprint density at radius 2 is 1.84 bits per heavy atom. The number of fused-ring (bicyclic) bond motifs is 1. The van der Waals surface area contributed by atoms with Gasteiger partial charge in [0.05, 0.1) is 6.61 Å². The summed E-state index contributed by atoms with van der Waals surface area (Å²) in [5.74, 6) is 1.32. The molecule has 1 aliphatic rings. The van der Waals surface area contributed by atoms with Crippen molar-refractivity contribution in [2.24, 2.45) is 0 Å². The molecule has 132 valence electrons. The second kappa shape index (κ2) is 8.53. The number of hydrogen-bond acceptors (Lipinski definition) is 4. The van der Waals surface area contributed by atoms with Crippen LogP contribution in [0.1, 0.15) is 24.1 Å². The monoisotopic (exact) mass is 340 g/mol. The Morgan fingerprint density at radius 1 is 1.12 bits per heavy atom. The minimum absolute atomic E-state index is 0.00233. The van der Waals surface area contributed by atoms with Crippen LogP contribution in [0, 0.1) is 0 Å². The number of rotatable bonds is 7. The molecule has 1 atom stereocenters. The van der Waals surface area contributed by atoms with Gasteiger partial charge in [-0.3, -0.25) is 4.79 Å². The summed E-state index contributed by atoms with van der Waals surface area (Å²) in [6, 6.07) is 15.8. The molecule has 2 aromatic carbocycles. The summed E-state index contributed by atoms with van der Waals surface area (Å²) < 4.78 is 10.9. The van der Waals surface area contributed by atoms with Gasteiger partial charge >= 0.3 is 0 Å². The Kier molecular flexibility index (Phi) is 5.90. The quantitative estimate of drug-likeness (QED) is 0.813. The van der Waals surface area contributed by atoms with Gasteiger partial charge in [0.25, 0.3) is 5.91 Å². The van der Waals surface area contributed by atoms with E-state index in [4.69, 9.17) is 9.47 Å². The van der Waals surface area contributed by atoms with Gasteiger partial charge in [0, 0.05) is 12.6 Å². The second-order valence-corrected chi connectivity index (χ2v) is 5.95. The van der Waals surface area contributed by atoms with Crippen molar-refractivity contribution in [2.75, 3.05) is 26.3 Å². The predicted octanol–water partition coefficient (Wildman–Crippen LogP) is 2.47. The Hall–Kier alpha value is -2.53. The van der Waals surface area contributed by atoms with E-state index in [1.165, 1.54) is 11.1 Å². The molecular weight excluding hydrogens is 316 g/mol. The molecule has 0 spiro atoms. The SMILES string of the molecule is CCOc1ccc(OCC(=O)NCC2NCCc3ccccc32)cc1. The molecule has 1 aliphatic heterocycles. The molecule has 2 N–H and O–H groups in total. The lowest BCUT2D eigenvalue weighted by Crippen LogP contribution is -2.40. The van der Waals surface area contributed by atoms with E-state index in [0.29, 0.717) is 18.9 Å². The van der Waals surface area contributed by atoms with E-state index in [2.05, 4.69) is 28.8 Å². The van der Waals surface area contributed by atoms with Crippen LogP contribution in [0.4, 0.5) is 0 Å². The van der Waals surface area contributed by atoms with Crippen molar-refractivity contribution in [3.8, 4) is 11.5 Å². The van der Waals surface area contributed by atoms with Crippen molar-refractivity contribution in [3.63, 3.8) is 0 Å². The number of carbonyl (C=O) groups is 1. The zero-order valence-electron chi connectivity index (χ0n) is 14.5. The van der Waals surface area contributed by atoms with Crippen molar-refractivity contribution in [2.45, 2.75) is 19.4 Å². The molecule has 0 bridgehead atoms. The lowest BCUT2D eigenvalue weighted by Gasteiger charge is -2.27. The van der Waals surface area contributed by atoms with Crippen molar-refractivity contribution in [1.29, 1.82) is 0 Å². The van der Waals surface area contributed by atoms with Gasteiger partial charge in [0.2, 0.25) is 0 Å². The molecule has 0 aliphatic carbocycles. The highest BCUT2D eigenvalue weighted by molar-refractivity contribution is 5.77. The fourth-order valence-corrected chi connectivity index (χ4v) is 2.99. The van der Waals surface area contributed by atoms with Gasteiger partial charge in [-0.15, -0.1) is 0 Å². The van der Waals surface area contributed by atoms with Crippen LogP contribution in [-0.2, 0) is 11.2 Å². The molecule has 0 aromatic heterocycles. The van der Waals surface area contributed by atoms with E-state index in [9.17, 15) is 4.79 Å². The van der Waals surface area contributed by atoms with Gasteiger partial charge in [-0.1, -0.05) is 24.3 Å². The summed E-state index contributed by atoms with van der Waals surface area (Å²) in [7, 11) is 0. The van der Waals surface area contributed by atoms with Crippen LogP contribution in [0.15, 0.2) is 48.5 Å². The second-order valence-electron chi connectivity index (χ2n) is 5.95. The first-order valence-corrected chi connectivity index (χ1v) is 8.70. The Bertz CT molecular complexity index is 700. The van der Waals surface area contributed by atoms with Crippen molar-refractivity contribution in [1.82, 2.24) is 10.6 Å². The van der Waals surface area contributed by atoms with Gasteiger partial charge in [0.1, 0.15) is 11.5 Å². The zero-order chi connectivity index (χ0) is 17.5. The van der Waals surface area contributed by atoms with E-state index >= 15 is 0 Å². The molecule has 1 amide bonds. The molecule has 0 radical (unpaired) electrons. The van der Waals surface area contributed by atoms with Crippen LogP contribution >= 0.6 is 0 Å². The van der Waals surface area contributed by atoms with E-state index in [-0.39, 0.29) is 18.6 Å². The van der Waals surface area contributed by atoms with E-state index in [1.807, 2.05) is 25.1 Å². The van der Waals surface area contributed by atoms with Gasteiger partial charge in [0.15, 0.2) is 6.61 Å². The maximum Gasteiger partial charge on any atom is 0.258 e. The first-order chi connectivity index (χ1) is 12.3. The van der Waals surface area contributed by atoms with Crippen LogP contribution in [0.3, 0.4) is 0 Å². The predicted molar refractivity (Wildman–Crippen MR) is 97.0 cm³/mol. The molecule has 0 saturated carbocycles. The van der Waals surface area contributed by atoms with Crippen LogP contribution in [-0.4, -0.2) is 32.2 Å². The first kappa shape index (κ1) is 17.3. The fraction of sp³-hybridized carbons (Fsp3) is 0.350. The van der Waals surface area contributed by atoms with Crippen molar-refractivity contribution < 1.29 is 14.3 Å². The third kappa shape index (κ3) is 4.73. The molecule has 2 aromatic rings. The van der Waals surface area contributed by atoms with Crippen LogP contribution in [0.25, 0.3) is 0 Å². The standard InChI is InChI=1S/C20H24N2O3/c1-2-24-16-7-9-17(10-8-16)25-14-20(23)22-13-19-18-6-4-3-5-15(18)11-12-21-19/h3-10,19,21H,2,11-14H2,1H3,(H,22,23). The average Bonchev–Trinajstić information content (AvgIpc) is 2.66. The van der Waals surface area contributed by atoms with Gasteiger partial charge in [-0.2, -0.15) is 0 Å². The largest absolute Gasteiger partial charge is 0.494 e. The lowest BCUT2D eigenvalue weighted by molar-refractivity contribution is -0.123. The maximum absolute atomic E-state index is 12.1. The highest BCUT2D eigenvalue weighted by Crippen LogP contribution is 2.22. The van der Waals surface area contributed by atoms with Crippen molar-refractivity contribution in [3.05, 3.63) is 59.7 Å². The van der Waals surface area contributed by atoms with Gasteiger partial charge in [-0.05, 0) is 55.3 Å². The summed E-state index contributed by atoms with van der Waals surface area (Å²) >= 11 is 0. The smallest absolute Gasteiger partial charge is 0.258 e. The van der Waals surface area contributed by atoms with Gasteiger partial charge in [-0.25, -0.2) is 0 Å². The third-order valence-corrected chi connectivity index (χ3v) is 4.22. The Labute approximate surface area is 148 Å². The molecule has 3 rings (SSSR count). The number of hydrogen-bond donors (Lipinski definition) is 2. The number of ether oxygens (including phenoxy) is 2. The molecule has 1 unspecified atom stereocenters. The van der Waals surface area contributed by atoms with E-state index in [1.54, 1.807) is 12.1 Å². The normalized spacial score (nSPS) is 16.0. The summed E-state index contributed by atoms with van der Waals surface area (Å²) in [6.45, 7) is 4.06. The zero-order valence-corrected chi connectivity index (χ0v) is 14.5. The molecular formula is C20H24N2O3. The summed E-state index contributed by atoms with van der Waals surface area (Å²) in [5, 5.41) is 6.40. The minimum Gasteiger partial charge on any atom is -0.494 e. The van der Waals surface area contributed by atoms with Crippen LogP contribution in [0.2, 0.25) is 0 Å². The van der Waals surface area contributed by atoms with Crippen LogP contribution < -0.4 is 20.1 Å². The summed E-state index contributed by atoms with van der Waals surface area (Å²) in [6.07, 6.45) is 1.03. The van der Waals surface area contributed by atoms with Crippen LogP contribution in [0.5, 0.6) is 11.5 Å². The van der Waals surface area contributed by atoms with Crippen molar-refractivity contribution >= 4 is 5.91 Å². The molecule has 5 heteroatoms. The Morgan fingerprint density at radius 3 is 2.60 bits per heavy atom. The third-order valence-electron chi connectivity index (χ3n) is 4.22. The minimum atomic E-state index is -0.126. The topological polar surface area (TPSA) is 59.6 Å².